The summed E-state index contributed by atoms with van der Waals surface area (Å²) >= 11 is 0. The molecule has 0 aromatic carbocycles. The SMILES string of the molecule is CCCCNC(=O)CCC(=O)CCCOCCC(=O)O. The van der Waals surface area contributed by atoms with Crippen molar-refractivity contribution < 1.29 is 24.2 Å². The number of carboxylic acids is 1. The third-order valence-electron chi connectivity index (χ3n) is 2.69. The fraction of sp³-hybridized carbons (Fsp3) is 0.786. The molecular formula is C14H25NO5. The fourth-order valence-corrected chi connectivity index (χ4v) is 1.50. The average Bonchev–Trinajstić information content (AvgIpc) is 2.40. The van der Waals surface area contributed by atoms with E-state index in [1.54, 1.807) is 0 Å². The number of aliphatic carboxylic acids is 1. The van der Waals surface area contributed by atoms with E-state index in [9.17, 15) is 14.4 Å². The zero-order chi connectivity index (χ0) is 15.2. The van der Waals surface area contributed by atoms with Crippen LogP contribution in [0.1, 0.15) is 51.9 Å². The highest BCUT2D eigenvalue weighted by Gasteiger charge is 2.06. The molecule has 6 heteroatoms. The molecule has 0 atom stereocenters. The predicted molar refractivity (Wildman–Crippen MR) is 74.5 cm³/mol. The monoisotopic (exact) mass is 287 g/mol. The highest BCUT2D eigenvalue weighted by atomic mass is 16.5. The van der Waals surface area contributed by atoms with Crippen LogP contribution in [-0.2, 0) is 19.1 Å². The number of amides is 1. The van der Waals surface area contributed by atoms with E-state index in [2.05, 4.69) is 5.32 Å². The van der Waals surface area contributed by atoms with Crippen LogP contribution in [0, 0.1) is 0 Å². The molecule has 1 amide bonds. The van der Waals surface area contributed by atoms with Crippen molar-refractivity contribution in [3.8, 4) is 0 Å². The van der Waals surface area contributed by atoms with Gasteiger partial charge in [0.1, 0.15) is 5.78 Å². The maximum Gasteiger partial charge on any atom is 0.305 e. The van der Waals surface area contributed by atoms with Gasteiger partial charge in [0.2, 0.25) is 5.91 Å². The number of hydrogen-bond acceptors (Lipinski definition) is 4. The predicted octanol–water partition coefficient (Wildman–Crippen LogP) is 1.52. The molecule has 6 nitrogen and oxygen atoms in total. The molecule has 0 aliphatic rings. The first-order valence-corrected chi connectivity index (χ1v) is 7.14. The van der Waals surface area contributed by atoms with Crippen molar-refractivity contribution in [2.24, 2.45) is 0 Å². The first-order valence-electron chi connectivity index (χ1n) is 7.14. The van der Waals surface area contributed by atoms with Gasteiger partial charge in [0, 0.05) is 32.4 Å². The second-order valence-electron chi connectivity index (χ2n) is 4.60. The third-order valence-corrected chi connectivity index (χ3v) is 2.69. The molecule has 0 aromatic rings. The number of Topliss-reactive ketones (excluding diaryl/α,β-unsaturated/α-hetero) is 1. The lowest BCUT2D eigenvalue weighted by atomic mass is 10.1. The summed E-state index contributed by atoms with van der Waals surface area (Å²) in [6.07, 6.45) is 3.39. The van der Waals surface area contributed by atoms with Crippen molar-refractivity contribution in [2.45, 2.75) is 51.9 Å². The summed E-state index contributed by atoms with van der Waals surface area (Å²) < 4.78 is 5.07. The second kappa shape index (κ2) is 12.6. The molecule has 0 saturated carbocycles. The van der Waals surface area contributed by atoms with Crippen LogP contribution in [-0.4, -0.2) is 42.5 Å². The Morgan fingerprint density at radius 1 is 1.00 bits per heavy atom. The number of ketones is 1. The minimum atomic E-state index is -0.893. The maximum atomic E-state index is 11.5. The van der Waals surface area contributed by atoms with Crippen LogP contribution in [0.15, 0.2) is 0 Å². The molecule has 0 fully saturated rings. The first kappa shape index (κ1) is 18.6. The van der Waals surface area contributed by atoms with E-state index in [1.807, 2.05) is 6.92 Å². The van der Waals surface area contributed by atoms with Crippen LogP contribution in [0.4, 0.5) is 0 Å². The number of carboxylic acid groups (broad SMARTS) is 1. The molecule has 0 aromatic heterocycles. The van der Waals surface area contributed by atoms with E-state index >= 15 is 0 Å². The number of carbonyl (C=O) groups is 3. The smallest absolute Gasteiger partial charge is 0.305 e. The van der Waals surface area contributed by atoms with Crippen LogP contribution in [0.3, 0.4) is 0 Å². The number of rotatable bonds is 13. The number of nitrogens with one attached hydrogen (secondary N) is 1. The van der Waals surface area contributed by atoms with Gasteiger partial charge < -0.3 is 15.2 Å². The summed E-state index contributed by atoms with van der Waals surface area (Å²) in [5.74, 6) is -0.933. The Morgan fingerprint density at radius 3 is 2.40 bits per heavy atom. The van der Waals surface area contributed by atoms with Gasteiger partial charge in [0.15, 0.2) is 0 Å². The van der Waals surface area contributed by atoms with Crippen molar-refractivity contribution >= 4 is 17.7 Å². The second-order valence-corrected chi connectivity index (χ2v) is 4.60. The molecule has 0 radical (unpaired) electrons. The zero-order valence-electron chi connectivity index (χ0n) is 12.2. The number of hydrogen-bond donors (Lipinski definition) is 2. The fourth-order valence-electron chi connectivity index (χ4n) is 1.50. The van der Waals surface area contributed by atoms with E-state index in [0.29, 0.717) is 26.0 Å². The summed E-state index contributed by atoms with van der Waals surface area (Å²) in [5.41, 5.74) is 0. The van der Waals surface area contributed by atoms with Gasteiger partial charge in [-0.2, -0.15) is 0 Å². The maximum absolute atomic E-state index is 11.5. The van der Waals surface area contributed by atoms with Crippen molar-refractivity contribution in [3.05, 3.63) is 0 Å². The standard InChI is InChI=1S/C14H25NO5/c1-2-3-9-15-13(17)7-6-12(16)5-4-10-20-11-8-14(18)19/h2-11H2,1H3,(H,15,17)(H,18,19). The minimum Gasteiger partial charge on any atom is -0.481 e. The third kappa shape index (κ3) is 13.0. The van der Waals surface area contributed by atoms with E-state index < -0.39 is 5.97 Å². The van der Waals surface area contributed by atoms with E-state index in [0.717, 1.165) is 12.8 Å². The topological polar surface area (TPSA) is 92.7 Å². The zero-order valence-corrected chi connectivity index (χ0v) is 12.2. The van der Waals surface area contributed by atoms with E-state index in [-0.39, 0.29) is 37.6 Å². The number of ether oxygens (including phenoxy) is 1. The summed E-state index contributed by atoms with van der Waals surface area (Å²) in [5, 5.41) is 11.1. The van der Waals surface area contributed by atoms with Crippen LogP contribution < -0.4 is 5.32 Å². The van der Waals surface area contributed by atoms with Gasteiger partial charge in [-0.15, -0.1) is 0 Å². The normalized spacial score (nSPS) is 10.2. The molecular weight excluding hydrogens is 262 g/mol. The van der Waals surface area contributed by atoms with Crippen LogP contribution in [0.25, 0.3) is 0 Å². The molecule has 0 rings (SSSR count). The molecule has 0 spiro atoms. The Kier molecular flexibility index (Phi) is 11.7. The molecule has 0 bridgehead atoms. The Balaban J connectivity index is 3.40. The van der Waals surface area contributed by atoms with Crippen LogP contribution >= 0.6 is 0 Å². The van der Waals surface area contributed by atoms with Gasteiger partial charge >= 0.3 is 5.97 Å². The molecule has 0 aliphatic heterocycles. The molecule has 20 heavy (non-hydrogen) atoms. The lowest BCUT2D eigenvalue weighted by molar-refractivity contribution is -0.138. The van der Waals surface area contributed by atoms with Crippen molar-refractivity contribution in [1.82, 2.24) is 5.32 Å². The lowest BCUT2D eigenvalue weighted by Crippen LogP contribution is -2.24. The first-order chi connectivity index (χ1) is 9.56. The lowest BCUT2D eigenvalue weighted by Gasteiger charge is -2.04. The van der Waals surface area contributed by atoms with E-state index in [4.69, 9.17) is 9.84 Å². The minimum absolute atomic E-state index is 0.0219. The Bertz CT molecular complexity index is 304. The van der Waals surface area contributed by atoms with E-state index in [1.165, 1.54) is 0 Å². The van der Waals surface area contributed by atoms with Crippen LogP contribution in [0.2, 0.25) is 0 Å². The average molecular weight is 287 g/mol. The van der Waals surface area contributed by atoms with Crippen molar-refractivity contribution in [2.75, 3.05) is 19.8 Å². The number of carbonyl (C=O) groups excluding carboxylic acids is 2. The number of unbranched alkanes of at least 4 members (excludes halogenated alkanes) is 1. The Hall–Kier alpha value is -1.43. The van der Waals surface area contributed by atoms with Gasteiger partial charge in [-0.25, -0.2) is 0 Å². The highest BCUT2D eigenvalue weighted by Crippen LogP contribution is 2.00. The Morgan fingerprint density at radius 2 is 1.75 bits per heavy atom. The molecule has 0 heterocycles. The summed E-state index contributed by atoms with van der Waals surface area (Å²) in [4.78, 5) is 33.1. The van der Waals surface area contributed by atoms with Gasteiger partial charge in [-0.1, -0.05) is 13.3 Å². The molecule has 0 unspecified atom stereocenters. The summed E-state index contributed by atoms with van der Waals surface area (Å²) in [6, 6.07) is 0. The molecule has 0 saturated heterocycles. The quantitative estimate of drug-likeness (QED) is 0.501. The van der Waals surface area contributed by atoms with Gasteiger partial charge in [0.25, 0.3) is 0 Å². The van der Waals surface area contributed by atoms with Gasteiger partial charge in [-0.3, -0.25) is 14.4 Å². The van der Waals surface area contributed by atoms with Crippen LogP contribution in [0.5, 0.6) is 0 Å². The highest BCUT2D eigenvalue weighted by molar-refractivity contribution is 5.84. The molecule has 2 N–H and O–H groups in total. The molecule has 116 valence electrons. The van der Waals surface area contributed by atoms with Crippen molar-refractivity contribution in [3.63, 3.8) is 0 Å². The van der Waals surface area contributed by atoms with Crippen molar-refractivity contribution in [1.29, 1.82) is 0 Å². The van der Waals surface area contributed by atoms with Gasteiger partial charge in [0.05, 0.1) is 13.0 Å². The van der Waals surface area contributed by atoms with Gasteiger partial charge in [-0.05, 0) is 12.8 Å². The molecule has 0 aliphatic carbocycles. The largest absolute Gasteiger partial charge is 0.481 e. The summed E-state index contributed by atoms with van der Waals surface area (Å²) in [6.45, 7) is 3.26. The summed E-state index contributed by atoms with van der Waals surface area (Å²) in [7, 11) is 0. The Labute approximate surface area is 119 Å².